The third-order valence-corrected chi connectivity index (χ3v) is 4.78. The van der Waals surface area contributed by atoms with Crippen LogP contribution in [0.1, 0.15) is 48.9 Å². The first-order chi connectivity index (χ1) is 9.92. The highest BCUT2D eigenvalue weighted by Crippen LogP contribution is 2.32. The second-order valence-corrected chi connectivity index (χ2v) is 6.78. The molecule has 1 saturated carbocycles. The molecule has 1 aromatic rings. The van der Waals surface area contributed by atoms with Crippen LogP contribution in [0.3, 0.4) is 0 Å². The van der Waals surface area contributed by atoms with Gasteiger partial charge in [-0.25, -0.2) is 0 Å². The lowest BCUT2D eigenvalue weighted by molar-refractivity contribution is -0.139. The van der Waals surface area contributed by atoms with E-state index in [1.807, 2.05) is 0 Å². The quantitative estimate of drug-likeness (QED) is 0.837. The number of amides is 1. The molecule has 0 unspecified atom stereocenters. The summed E-state index contributed by atoms with van der Waals surface area (Å²) in [6.45, 7) is 0. The van der Waals surface area contributed by atoms with Crippen LogP contribution in [0.5, 0.6) is 0 Å². The Morgan fingerprint density at radius 1 is 1.29 bits per heavy atom. The molecule has 114 valence electrons. The standard InChI is InChI=1S/C15H17BrClNO3/c16-12-5-4-10(17)8-11(12)14(21)18-15(9-13(19)20)6-2-1-3-7-15/h4-5,8H,1-3,6-7,9H2,(H,18,21)(H,19,20). The zero-order valence-electron chi connectivity index (χ0n) is 11.5. The summed E-state index contributed by atoms with van der Waals surface area (Å²) in [6.07, 6.45) is 4.30. The van der Waals surface area contributed by atoms with Crippen LogP contribution in [0.2, 0.25) is 5.02 Å². The molecule has 2 rings (SSSR count). The van der Waals surface area contributed by atoms with Crippen LogP contribution in [0.25, 0.3) is 0 Å². The van der Waals surface area contributed by atoms with Gasteiger partial charge in [0, 0.05) is 9.50 Å². The Morgan fingerprint density at radius 3 is 2.57 bits per heavy atom. The Balaban J connectivity index is 2.21. The summed E-state index contributed by atoms with van der Waals surface area (Å²) in [6, 6.07) is 4.98. The van der Waals surface area contributed by atoms with Crippen LogP contribution in [0, 0.1) is 0 Å². The topological polar surface area (TPSA) is 66.4 Å². The van der Waals surface area contributed by atoms with Crippen LogP contribution < -0.4 is 5.32 Å². The molecule has 2 N–H and O–H groups in total. The molecule has 1 aliphatic rings. The summed E-state index contributed by atoms with van der Waals surface area (Å²) in [5, 5.41) is 12.5. The zero-order chi connectivity index (χ0) is 15.5. The molecular weight excluding hydrogens is 358 g/mol. The van der Waals surface area contributed by atoms with Crippen molar-refractivity contribution in [2.75, 3.05) is 0 Å². The second-order valence-electron chi connectivity index (χ2n) is 5.49. The molecule has 0 spiro atoms. The van der Waals surface area contributed by atoms with E-state index in [1.165, 1.54) is 0 Å². The van der Waals surface area contributed by atoms with Gasteiger partial charge in [-0.1, -0.05) is 30.9 Å². The van der Waals surface area contributed by atoms with Gasteiger partial charge in [0.2, 0.25) is 0 Å². The molecule has 0 saturated heterocycles. The highest BCUT2D eigenvalue weighted by Gasteiger charge is 2.36. The van der Waals surface area contributed by atoms with Gasteiger partial charge in [-0.2, -0.15) is 0 Å². The lowest BCUT2D eigenvalue weighted by Crippen LogP contribution is -2.51. The number of aliphatic carboxylic acids is 1. The van der Waals surface area contributed by atoms with Crippen molar-refractivity contribution in [2.24, 2.45) is 0 Å². The summed E-state index contributed by atoms with van der Waals surface area (Å²) < 4.78 is 0.644. The molecule has 21 heavy (non-hydrogen) atoms. The molecule has 0 heterocycles. The normalized spacial score (nSPS) is 17.2. The van der Waals surface area contributed by atoms with Crippen LogP contribution >= 0.6 is 27.5 Å². The minimum Gasteiger partial charge on any atom is -0.481 e. The molecular formula is C15H17BrClNO3. The lowest BCUT2D eigenvalue weighted by Gasteiger charge is -2.37. The number of benzene rings is 1. The van der Waals surface area contributed by atoms with E-state index < -0.39 is 11.5 Å². The molecule has 1 amide bonds. The summed E-state index contributed by atoms with van der Waals surface area (Å²) in [5.41, 5.74) is -0.221. The largest absolute Gasteiger partial charge is 0.481 e. The molecule has 1 aliphatic carbocycles. The number of carbonyl (C=O) groups is 2. The number of carboxylic acid groups (broad SMARTS) is 1. The Morgan fingerprint density at radius 2 is 1.95 bits per heavy atom. The molecule has 0 radical (unpaired) electrons. The van der Waals surface area contributed by atoms with Gasteiger partial charge < -0.3 is 10.4 Å². The summed E-state index contributed by atoms with van der Waals surface area (Å²) in [7, 11) is 0. The smallest absolute Gasteiger partial charge is 0.305 e. The highest BCUT2D eigenvalue weighted by atomic mass is 79.9. The van der Waals surface area contributed by atoms with Gasteiger partial charge in [0.05, 0.1) is 17.5 Å². The van der Waals surface area contributed by atoms with Crippen molar-refractivity contribution in [3.05, 3.63) is 33.3 Å². The molecule has 0 atom stereocenters. The molecule has 6 heteroatoms. The van der Waals surface area contributed by atoms with Crippen LogP contribution in [-0.4, -0.2) is 22.5 Å². The number of rotatable bonds is 4. The summed E-state index contributed by atoms with van der Waals surface area (Å²) in [4.78, 5) is 23.6. The van der Waals surface area contributed by atoms with E-state index in [0.29, 0.717) is 27.9 Å². The third kappa shape index (κ3) is 4.20. The van der Waals surface area contributed by atoms with Crippen molar-refractivity contribution in [1.29, 1.82) is 0 Å². The first-order valence-corrected chi connectivity index (χ1v) is 8.08. The number of nitrogens with one attached hydrogen (secondary N) is 1. The van der Waals surface area contributed by atoms with Crippen molar-refractivity contribution in [2.45, 2.75) is 44.1 Å². The van der Waals surface area contributed by atoms with Crippen LogP contribution in [0.4, 0.5) is 0 Å². The SMILES string of the molecule is O=C(O)CC1(NC(=O)c2cc(Cl)ccc2Br)CCCCC1. The fourth-order valence-corrected chi connectivity index (χ4v) is 3.44. The van der Waals surface area contributed by atoms with Gasteiger partial charge in [0.15, 0.2) is 0 Å². The van der Waals surface area contributed by atoms with Crippen molar-refractivity contribution in [1.82, 2.24) is 5.32 Å². The average Bonchev–Trinajstić information content (AvgIpc) is 2.41. The molecule has 0 bridgehead atoms. The summed E-state index contributed by atoms with van der Waals surface area (Å²) >= 11 is 9.26. The third-order valence-electron chi connectivity index (χ3n) is 3.85. The molecule has 4 nitrogen and oxygen atoms in total. The summed E-state index contributed by atoms with van der Waals surface area (Å²) in [5.74, 6) is -1.17. The fraction of sp³-hybridized carbons (Fsp3) is 0.467. The van der Waals surface area contributed by atoms with E-state index in [1.54, 1.807) is 18.2 Å². The Labute approximate surface area is 137 Å². The minimum atomic E-state index is -0.887. The Bertz CT molecular complexity index is 556. The van der Waals surface area contributed by atoms with E-state index in [9.17, 15) is 9.59 Å². The predicted molar refractivity (Wildman–Crippen MR) is 84.7 cm³/mol. The van der Waals surface area contributed by atoms with E-state index >= 15 is 0 Å². The van der Waals surface area contributed by atoms with Crippen molar-refractivity contribution >= 4 is 39.4 Å². The van der Waals surface area contributed by atoms with Crippen molar-refractivity contribution in [3.8, 4) is 0 Å². The molecule has 0 aromatic heterocycles. The van der Waals surface area contributed by atoms with E-state index in [-0.39, 0.29) is 12.3 Å². The van der Waals surface area contributed by atoms with Gasteiger partial charge in [-0.05, 0) is 47.0 Å². The minimum absolute atomic E-state index is 0.0447. The van der Waals surface area contributed by atoms with E-state index in [2.05, 4.69) is 21.2 Å². The number of carboxylic acids is 1. The van der Waals surface area contributed by atoms with Gasteiger partial charge in [-0.3, -0.25) is 9.59 Å². The number of carbonyl (C=O) groups excluding carboxylic acids is 1. The Hall–Kier alpha value is -1.07. The highest BCUT2D eigenvalue weighted by molar-refractivity contribution is 9.10. The second kappa shape index (κ2) is 6.79. The average molecular weight is 375 g/mol. The van der Waals surface area contributed by atoms with Crippen molar-refractivity contribution < 1.29 is 14.7 Å². The first-order valence-electron chi connectivity index (χ1n) is 6.91. The maximum Gasteiger partial charge on any atom is 0.305 e. The van der Waals surface area contributed by atoms with E-state index in [0.717, 1.165) is 19.3 Å². The number of halogens is 2. The number of hydrogen-bond donors (Lipinski definition) is 2. The maximum absolute atomic E-state index is 12.5. The van der Waals surface area contributed by atoms with Crippen molar-refractivity contribution in [3.63, 3.8) is 0 Å². The van der Waals surface area contributed by atoms with Gasteiger partial charge in [-0.15, -0.1) is 0 Å². The lowest BCUT2D eigenvalue weighted by atomic mass is 9.79. The maximum atomic E-state index is 12.5. The Kier molecular flexibility index (Phi) is 5.27. The monoisotopic (exact) mass is 373 g/mol. The fourth-order valence-electron chi connectivity index (χ4n) is 2.84. The molecule has 1 fully saturated rings. The van der Waals surface area contributed by atoms with Crippen LogP contribution in [-0.2, 0) is 4.79 Å². The van der Waals surface area contributed by atoms with Gasteiger partial charge in [0.25, 0.3) is 5.91 Å². The van der Waals surface area contributed by atoms with E-state index in [4.69, 9.17) is 16.7 Å². The van der Waals surface area contributed by atoms with Gasteiger partial charge in [0.1, 0.15) is 0 Å². The first kappa shape index (κ1) is 16.3. The van der Waals surface area contributed by atoms with Gasteiger partial charge >= 0.3 is 5.97 Å². The van der Waals surface area contributed by atoms with Crippen LogP contribution in [0.15, 0.2) is 22.7 Å². The number of hydrogen-bond acceptors (Lipinski definition) is 2. The molecule has 1 aromatic carbocycles. The molecule has 0 aliphatic heterocycles. The zero-order valence-corrected chi connectivity index (χ0v) is 13.8. The predicted octanol–water partition coefficient (Wildman–Crippen LogP) is 4.01.